The van der Waals surface area contributed by atoms with Gasteiger partial charge in [-0.15, -0.1) is 11.8 Å². The summed E-state index contributed by atoms with van der Waals surface area (Å²) in [4.78, 5) is 12.7. The highest BCUT2D eigenvalue weighted by molar-refractivity contribution is 7.98. The quantitative estimate of drug-likeness (QED) is 0.733. The number of para-hydroxylation sites is 1. The van der Waals surface area contributed by atoms with Crippen LogP contribution in [0.5, 0.6) is 5.75 Å². The van der Waals surface area contributed by atoms with E-state index >= 15 is 0 Å². The van der Waals surface area contributed by atoms with Crippen molar-refractivity contribution < 1.29 is 5.11 Å². The first-order valence-electron chi connectivity index (χ1n) is 6.20. The molecular formula is C16H13NO2S. The Balaban J connectivity index is 2.48. The number of pyridine rings is 1. The zero-order chi connectivity index (χ0) is 14.1. The molecule has 1 N–H and O–H groups in total. The van der Waals surface area contributed by atoms with Crippen molar-refractivity contribution in [2.45, 2.75) is 5.03 Å². The monoisotopic (exact) mass is 283 g/mol. The highest BCUT2D eigenvalue weighted by Crippen LogP contribution is 2.33. The number of hydrogen-bond donors (Lipinski definition) is 1. The molecule has 4 heteroatoms. The summed E-state index contributed by atoms with van der Waals surface area (Å²) >= 11 is 1.36. The first-order valence-corrected chi connectivity index (χ1v) is 7.42. The van der Waals surface area contributed by atoms with Gasteiger partial charge >= 0.3 is 0 Å². The lowest BCUT2D eigenvalue weighted by Gasteiger charge is -2.14. The second-order valence-electron chi connectivity index (χ2n) is 4.38. The van der Waals surface area contributed by atoms with Crippen molar-refractivity contribution in [2.75, 3.05) is 6.26 Å². The molecule has 0 atom stereocenters. The second-order valence-corrected chi connectivity index (χ2v) is 5.17. The van der Waals surface area contributed by atoms with Gasteiger partial charge in [-0.1, -0.05) is 36.4 Å². The Kier molecular flexibility index (Phi) is 3.24. The summed E-state index contributed by atoms with van der Waals surface area (Å²) < 4.78 is 1.56. The zero-order valence-electron chi connectivity index (χ0n) is 10.9. The maximum atomic E-state index is 12.7. The van der Waals surface area contributed by atoms with Crippen molar-refractivity contribution in [3.63, 3.8) is 0 Å². The Morgan fingerprint density at radius 2 is 1.55 bits per heavy atom. The van der Waals surface area contributed by atoms with Crippen molar-refractivity contribution >= 4 is 22.5 Å². The van der Waals surface area contributed by atoms with E-state index in [1.165, 1.54) is 11.8 Å². The number of aromatic hydroxyl groups is 1. The highest BCUT2D eigenvalue weighted by Gasteiger charge is 2.16. The molecule has 0 bridgehead atoms. The fourth-order valence-electron chi connectivity index (χ4n) is 2.31. The van der Waals surface area contributed by atoms with Crippen LogP contribution in [0.4, 0.5) is 0 Å². The minimum Gasteiger partial charge on any atom is -0.505 e. The van der Waals surface area contributed by atoms with Crippen LogP contribution in [0.15, 0.2) is 64.4 Å². The van der Waals surface area contributed by atoms with Gasteiger partial charge in [0.05, 0.1) is 5.39 Å². The van der Waals surface area contributed by atoms with Gasteiger partial charge in [0, 0.05) is 11.1 Å². The lowest BCUT2D eigenvalue weighted by Crippen LogP contribution is -2.20. The topological polar surface area (TPSA) is 42.2 Å². The van der Waals surface area contributed by atoms with Gasteiger partial charge in [0.2, 0.25) is 0 Å². The summed E-state index contributed by atoms with van der Waals surface area (Å²) in [6.07, 6.45) is 1.85. The van der Waals surface area contributed by atoms with E-state index in [1.54, 1.807) is 22.8 Å². The zero-order valence-corrected chi connectivity index (χ0v) is 11.7. The van der Waals surface area contributed by atoms with Crippen LogP contribution < -0.4 is 5.56 Å². The van der Waals surface area contributed by atoms with Crippen molar-refractivity contribution in [1.82, 2.24) is 4.57 Å². The van der Waals surface area contributed by atoms with Gasteiger partial charge < -0.3 is 5.11 Å². The smallest absolute Gasteiger partial charge is 0.264 e. The van der Waals surface area contributed by atoms with E-state index in [2.05, 4.69) is 0 Å². The molecule has 100 valence electrons. The molecule has 0 saturated carbocycles. The molecule has 3 nitrogen and oxygen atoms in total. The lowest BCUT2D eigenvalue weighted by molar-refractivity contribution is 0.458. The molecule has 0 saturated heterocycles. The van der Waals surface area contributed by atoms with Crippen molar-refractivity contribution in [1.29, 1.82) is 0 Å². The normalized spacial score (nSPS) is 10.8. The minimum atomic E-state index is -0.117. The van der Waals surface area contributed by atoms with Gasteiger partial charge in [-0.25, -0.2) is 0 Å². The first-order chi connectivity index (χ1) is 9.74. The van der Waals surface area contributed by atoms with Gasteiger partial charge in [0.1, 0.15) is 5.03 Å². The fraction of sp³-hybridized carbons (Fsp3) is 0.0625. The lowest BCUT2D eigenvalue weighted by atomic mass is 10.1. The molecule has 0 spiro atoms. The van der Waals surface area contributed by atoms with E-state index in [0.29, 0.717) is 15.8 Å². The molecule has 0 aliphatic rings. The van der Waals surface area contributed by atoms with Crippen LogP contribution in [0, 0.1) is 0 Å². The van der Waals surface area contributed by atoms with Gasteiger partial charge in [0.15, 0.2) is 5.75 Å². The van der Waals surface area contributed by atoms with Gasteiger partial charge in [-0.05, 0) is 24.5 Å². The predicted octanol–water partition coefficient (Wildman–Crippen LogP) is 3.42. The molecular weight excluding hydrogens is 270 g/mol. The molecule has 3 rings (SSSR count). The first kappa shape index (κ1) is 12.8. The van der Waals surface area contributed by atoms with Crippen molar-refractivity contribution in [3.8, 4) is 11.4 Å². The molecule has 20 heavy (non-hydrogen) atoms. The van der Waals surface area contributed by atoms with Crippen LogP contribution in [-0.4, -0.2) is 15.9 Å². The van der Waals surface area contributed by atoms with Gasteiger partial charge in [0.25, 0.3) is 5.56 Å². The molecule has 0 aliphatic carbocycles. The number of aromatic nitrogens is 1. The van der Waals surface area contributed by atoms with E-state index in [0.717, 1.165) is 5.69 Å². The van der Waals surface area contributed by atoms with E-state index < -0.39 is 0 Å². The molecule has 2 aromatic carbocycles. The Morgan fingerprint density at radius 1 is 0.950 bits per heavy atom. The molecule has 0 radical (unpaired) electrons. The summed E-state index contributed by atoms with van der Waals surface area (Å²) in [5.41, 5.74) is 0.636. The number of fused-ring (bicyclic) bond motifs is 1. The average Bonchev–Trinajstić information content (AvgIpc) is 2.51. The molecule has 3 aromatic rings. The van der Waals surface area contributed by atoms with E-state index in [-0.39, 0.29) is 11.3 Å². The Morgan fingerprint density at radius 3 is 2.20 bits per heavy atom. The summed E-state index contributed by atoms with van der Waals surface area (Å²) in [5, 5.41) is 12.1. The van der Waals surface area contributed by atoms with Crippen molar-refractivity contribution in [2.24, 2.45) is 0 Å². The van der Waals surface area contributed by atoms with Crippen LogP contribution >= 0.6 is 11.8 Å². The third-order valence-electron chi connectivity index (χ3n) is 3.23. The molecule has 0 aliphatic heterocycles. The third kappa shape index (κ3) is 1.89. The summed E-state index contributed by atoms with van der Waals surface area (Å²) in [6.45, 7) is 0. The number of thioether (sulfide) groups is 1. The summed E-state index contributed by atoms with van der Waals surface area (Å²) in [6, 6.07) is 16.5. The van der Waals surface area contributed by atoms with Crippen LogP contribution in [0.1, 0.15) is 0 Å². The summed E-state index contributed by atoms with van der Waals surface area (Å²) in [7, 11) is 0. The number of benzene rings is 2. The van der Waals surface area contributed by atoms with Crippen LogP contribution in [-0.2, 0) is 0 Å². The Hall–Kier alpha value is -2.20. The SMILES string of the molecule is CSc1c(O)c2ccccc2c(=O)n1-c1ccccc1. The third-order valence-corrected chi connectivity index (χ3v) is 3.99. The largest absolute Gasteiger partial charge is 0.505 e. The predicted molar refractivity (Wildman–Crippen MR) is 83.0 cm³/mol. The highest BCUT2D eigenvalue weighted by atomic mass is 32.2. The average molecular weight is 283 g/mol. The number of rotatable bonds is 2. The number of hydrogen-bond acceptors (Lipinski definition) is 3. The van der Waals surface area contributed by atoms with Gasteiger partial charge in [-0.2, -0.15) is 0 Å². The van der Waals surface area contributed by atoms with Gasteiger partial charge in [-0.3, -0.25) is 9.36 Å². The maximum absolute atomic E-state index is 12.7. The van der Waals surface area contributed by atoms with E-state index in [1.807, 2.05) is 42.7 Å². The van der Waals surface area contributed by atoms with E-state index in [4.69, 9.17) is 0 Å². The molecule has 1 aromatic heterocycles. The van der Waals surface area contributed by atoms with Crippen LogP contribution in [0.25, 0.3) is 16.5 Å². The standard InChI is InChI=1S/C16H13NO2S/c1-20-16-14(18)12-9-5-6-10-13(12)15(19)17(16)11-7-3-2-4-8-11/h2-10,18H,1H3. The number of nitrogens with zero attached hydrogens (tertiary/aromatic N) is 1. The minimum absolute atomic E-state index is 0.117. The molecule has 1 heterocycles. The van der Waals surface area contributed by atoms with E-state index in [9.17, 15) is 9.90 Å². The van der Waals surface area contributed by atoms with Crippen LogP contribution in [0.3, 0.4) is 0 Å². The Labute approximate surface area is 120 Å². The molecule has 0 fully saturated rings. The summed E-state index contributed by atoms with van der Waals surface area (Å²) in [5.74, 6) is 0.150. The van der Waals surface area contributed by atoms with Crippen molar-refractivity contribution in [3.05, 3.63) is 65.0 Å². The fourth-order valence-corrected chi connectivity index (χ4v) is 2.98. The molecule has 0 amide bonds. The molecule has 0 unspecified atom stereocenters. The Bertz CT molecular complexity index is 825. The maximum Gasteiger partial charge on any atom is 0.264 e. The van der Waals surface area contributed by atoms with Crippen LogP contribution in [0.2, 0.25) is 0 Å². The second kappa shape index (κ2) is 5.06.